The second-order valence-corrected chi connectivity index (χ2v) is 4.91. The molecule has 0 unspecified atom stereocenters. The quantitative estimate of drug-likeness (QED) is 0.916. The Labute approximate surface area is 112 Å². The van der Waals surface area contributed by atoms with E-state index in [0.29, 0.717) is 11.1 Å². The number of halogens is 2. The van der Waals surface area contributed by atoms with Crippen molar-refractivity contribution in [2.45, 2.75) is 25.6 Å². The van der Waals surface area contributed by atoms with E-state index in [-0.39, 0.29) is 11.8 Å². The zero-order valence-electron chi connectivity index (χ0n) is 10.5. The van der Waals surface area contributed by atoms with Crippen LogP contribution in [-0.4, -0.2) is 21.8 Å². The van der Waals surface area contributed by atoms with Crippen LogP contribution in [0.2, 0.25) is 0 Å². The van der Waals surface area contributed by atoms with Crippen molar-refractivity contribution >= 4 is 16.9 Å². The Hall–Kier alpha value is -2.24. The van der Waals surface area contributed by atoms with Gasteiger partial charge in [0.25, 0.3) is 0 Å². The number of pyridine rings is 1. The molecule has 0 saturated heterocycles. The van der Waals surface area contributed by atoms with Gasteiger partial charge in [0.2, 0.25) is 5.43 Å². The Morgan fingerprint density at radius 3 is 2.75 bits per heavy atom. The van der Waals surface area contributed by atoms with E-state index in [1.165, 1.54) is 4.57 Å². The summed E-state index contributed by atoms with van der Waals surface area (Å²) in [4.78, 5) is 23.2. The zero-order valence-corrected chi connectivity index (χ0v) is 10.5. The van der Waals surface area contributed by atoms with Crippen molar-refractivity contribution in [2.75, 3.05) is 0 Å². The highest BCUT2D eigenvalue weighted by Gasteiger charge is 2.40. The van der Waals surface area contributed by atoms with Crippen molar-refractivity contribution in [3.63, 3.8) is 0 Å². The van der Waals surface area contributed by atoms with Crippen molar-refractivity contribution in [3.05, 3.63) is 45.5 Å². The first-order valence-corrected chi connectivity index (χ1v) is 6.04. The van der Waals surface area contributed by atoms with Crippen LogP contribution in [0, 0.1) is 18.8 Å². The summed E-state index contributed by atoms with van der Waals surface area (Å²) in [5.41, 5.74) is -0.558. The first-order chi connectivity index (χ1) is 9.40. The summed E-state index contributed by atoms with van der Waals surface area (Å²) in [6.07, 6.45) is 0.316. The molecule has 4 nitrogen and oxygen atoms in total. The molecule has 1 heterocycles. The van der Waals surface area contributed by atoms with Gasteiger partial charge in [-0.3, -0.25) is 4.79 Å². The number of carboxylic acid groups (broad SMARTS) is 1. The van der Waals surface area contributed by atoms with Gasteiger partial charge in [-0.25, -0.2) is 13.6 Å². The van der Waals surface area contributed by atoms with Gasteiger partial charge in [0.05, 0.1) is 11.6 Å². The minimum absolute atomic E-state index is 0.0576. The van der Waals surface area contributed by atoms with Gasteiger partial charge in [-0.1, -0.05) is 0 Å². The highest BCUT2D eigenvalue weighted by atomic mass is 19.1. The van der Waals surface area contributed by atoms with Gasteiger partial charge in [-0.05, 0) is 18.6 Å². The van der Waals surface area contributed by atoms with E-state index in [1.807, 2.05) is 0 Å². The lowest BCUT2D eigenvalue weighted by molar-refractivity contribution is 0.0694. The predicted octanol–water partition coefficient (Wildman–Crippen LogP) is 2.23. The lowest BCUT2D eigenvalue weighted by Gasteiger charge is -2.13. The van der Waals surface area contributed by atoms with Crippen molar-refractivity contribution in [3.8, 4) is 0 Å². The van der Waals surface area contributed by atoms with Gasteiger partial charge < -0.3 is 9.67 Å². The van der Waals surface area contributed by atoms with E-state index in [4.69, 9.17) is 5.11 Å². The number of carboxylic acids is 1. The van der Waals surface area contributed by atoms with Crippen molar-refractivity contribution in [1.82, 2.24) is 4.57 Å². The summed E-state index contributed by atoms with van der Waals surface area (Å²) in [7, 11) is 0. The van der Waals surface area contributed by atoms with Crippen LogP contribution in [0.1, 0.15) is 28.4 Å². The van der Waals surface area contributed by atoms with E-state index < -0.39 is 35.0 Å². The first-order valence-electron chi connectivity index (χ1n) is 6.04. The van der Waals surface area contributed by atoms with Crippen LogP contribution in [0.25, 0.3) is 10.9 Å². The molecule has 1 aliphatic rings. The summed E-state index contributed by atoms with van der Waals surface area (Å²) < 4.78 is 28.1. The number of aryl methyl sites for hydroxylation is 1. The van der Waals surface area contributed by atoms with E-state index in [0.717, 1.165) is 12.3 Å². The van der Waals surface area contributed by atoms with Crippen molar-refractivity contribution in [2.24, 2.45) is 0 Å². The van der Waals surface area contributed by atoms with Crippen LogP contribution >= 0.6 is 0 Å². The third-order valence-corrected chi connectivity index (χ3v) is 3.47. The third-order valence-electron chi connectivity index (χ3n) is 3.47. The molecule has 0 amide bonds. The largest absolute Gasteiger partial charge is 0.477 e. The number of rotatable bonds is 2. The summed E-state index contributed by atoms with van der Waals surface area (Å²) in [5.74, 6) is -2.15. The lowest BCUT2D eigenvalue weighted by atomic mass is 10.1. The van der Waals surface area contributed by atoms with Crippen molar-refractivity contribution in [1.29, 1.82) is 0 Å². The number of benzene rings is 1. The molecule has 20 heavy (non-hydrogen) atoms. The third kappa shape index (κ3) is 1.79. The average Bonchev–Trinajstić information content (AvgIpc) is 3.07. The standard InChI is InChI=1S/C14H10F2NO3/c1-6-2-7(15)3-8-12(6)17(11-4-10(11)16)5-9(13(8)18)14(19)20/h3,5,10-11H,4H2,1H3,(H,19,20)/t10-,11+/m0/s1. The number of carbonyl (C=O) groups is 1. The average molecular weight is 278 g/mol. The molecular weight excluding hydrogens is 268 g/mol. The second-order valence-electron chi connectivity index (χ2n) is 4.91. The topological polar surface area (TPSA) is 59.3 Å². The molecule has 3 rings (SSSR count). The Bertz CT molecular complexity index is 797. The highest BCUT2D eigenvalue weighted by molar-refractivity contribution is 5.93. The molecule has 1 saturated carbocycles. The lowest BCUT2D eigenvalue weighted by Crippen LogP contribution is -2.19. The Morgan fingerprint density at radius 2 is 2.20 bits per heavy atom. The Balaban J connectivity index is 2.45. The van der Waals surface area contributed by atoms with Gasteiger partial charge in [-0.15, -0.1) is 0 Å². The second kappa shape index (κ2) is 4.13. The number of hydrogen-bond donors (Lipinski definition) is 1. The van der Waals surface area contributed by atoms with Crippen LogP contribution in [-0.2, 0) is 0 Å². The normalized spacial score (nSPS) is 21.1. The molecule has 6 heteroatoms. The molecule has 2 atom stereocenters. The molecule has 2 aromatic rings. The number of nitrogens with zero attached hydrogens (tertiary/aromatic N) is 1. The van der Waals surface area contributed by atoms with Gasteiger partial charge in [0, 0.05) is 24.1 Å². The SMILES string of the molecule is Cc1[c]c(F)cc2c(=O)c(C(=O)O)cn([C@@H]3C[C@@H]3F)c12. The van der Waals surface area contributed by atoms with Gasteiger partial charge in [0.15, 0.2) is 0 Å². The maximum absolute atomic E-state index is 13.4. The van der Waals surface area contributed by atoms with Crippen LogP contribution in [0.4, 0.5) is 8.78 Å². The minimum atomic E-state index is -1.41. The van der Waals surface area contributed by atoms with E-state index >= 15 is 0 Å². The molecule has 0 bridgehead atoms. The fourth-order valence-electron chi connectivity index (χ4n) is 2.44. The maximum atomic E-state index is 13.4. The van der Waals surface area contributed by atoms with Crippen LogP contribution in [0.3, 0.4) is 0 Å². The summed E-state index contributed by atoms with van der Waals surface area (Å²) in [5, 5.41) is 8.99. The molecule has 1 radical (unpaired) electrons. The number of alkyl halides is 1. The van der Waals surface area contributed by atoms with Crippen LogP contribution < -0.4 is 5.43 Å². The molecular formula is C14H10F2NO3. The number of fused-ring (bicyclic) bond motifs is 1. The first kappa shape index (κ1) is 12.8. The van der Waals surface area contributed by atoms with Crippen LogP contribution in [0.5, 0.6) is 0 Å². The Morgan fingerprint density at radius 1 is 1.55 bits per heavy atom. The molecule has 1 fully saturated rings. The summed E-state index contributed by atoms with van der Waals surface area (Å²) in [6, 6.07) is 2.87. The number of aromatic nitrogens is 1. The highest BCUT2D eigenvalue weighted by Crippen LogP contribution is 2.41. The maximum Gasteiger partial charge on any atom is 0.341 e. The van der Waals surface area contributed by atoms with E-state index in [9.17, 15) is 18.4 Å². The summed E-state index contributed by atoms with van der Waals surface area (Å²) >= 11 is 0. The van der Waals surface area contributed by atoms with Crippen LogP contribution in [0.15, 0.2) is 17.1 Å². The molecule has 103 valence electrons. The number of aromatic carboxylic acids is 1. The molecule has 0 aliphatic heterocycles. The molecule has 1 aliphatic carbocycles. The number of hydrogen-bond acceptors (Lipinski definition) is 2. The van der Waals surface area contributed by atoms with E-state index in [2.05, 4.69) is 6.07 Å². The smallest absolute Gasteiger partial charge is 0.341 e. The molecule has 0 spiro atoms. The molecule has 1 aromatic heterocycles. The Kier molecular flexibility index (Phi) is 2.64. The minimum Gasteiger partial charge on any atom is -0.477 e. The predicted molar refractivity (Wildman–Crippen MR) is 67.2 cm³/mol. The van der Waals surface area contributed by atoms with Crippen molar-refractivity contribution < 1.29 is 18.7 Å². The molecule has 1 N–H and O–H groups in total. The monoisotopic (exact) mass is 278 g/mol. The van der Waals surface area contributed by atoms with Gasteiger partial charge >= 0.3 is 5.97 Å². The van der Waals surface area contributed by atoms with Gasteiger partial charge in [-0.2, -0.15) is 0 Å². The summed E-state index contributed by atoms with van der Waals surface area (Å²) in [6.45, 7) is 1.55. The van der Waals surface area contributed by atoms with Gasteiger partial charge in [0.1, 0.15) is 17.6 Å². The fraction of sp³-hybridized carbons (Fsp3) is 0.286. The fourth-order valence-corrected chi connectivity index (χ4v) is 2.44. The van der Waals surface area contributed by atoms with E-state index in [1.54, 1.807) is 6.92 Å². The zero-order chi connectivity index (χ0) is 14.6. The molecule has 1 aromatic carbocycles.